The largest absolute Gasteiger partial charge is 0.486 e. The molecule has 0 fully saturated rings. The Morgan fingerprint density at radius 3 is 2.63 bits per heavy atom. The molecule has 106 valence electrons. The van der Waals surface area contributed by atoms with Crippen molar-refractivity contribution in [3.8, 4) is 11.5 Å². The number of fused-ring (bicyclic) bond motifs is 1. The summed E-state index contributed by atoms with van der Waals surface area (Å²) in [6, 6.07) is 4.43. The van der Waals surface area contributed by atoms with Crippen molar-refractivity contribution >= 4 is 11.6 Å². The predicted molar refractivity (Wildman–Crippen MR) is 77.1 cm³/mol. The number of ether oxygens (including phenoxy) is 2. The topological polar surface area (TPSA) is 47.7 Å². The van der Waals surface area contributed by atoms with Crippen LogP contribution < -0.4 is 15.2 Å². The van der Waals surface area contributed by atoms with Gasteiger partial charge >= 0.3 is 0 Å². The zero-order chi connectivity index (χ0) is 14.0. The molecule has 0 radical (unpaired) electrons. The average molecular weight is 285 g/mol. The van der Waals surface area contributed by atoms with Gasteiger partial charge in [0, 0.05) is 18.6 Å². The first-order valence-corrected chi connectivity index (χ1v) is 6.93. The molecule has 0 bridgehead atoms. The van der Waals surface area contributed by atoms with Crippen LogP contribution in [0.25, 0.3) is 0 Å². The van der Waals surface area contributed by atoms with Crippen LogP contribution in [0.3, 0.4) is 0 Å². The van der Waals surface area contributed by atoms with Gasteiger partial charge in [-0.05, 0) is 38.6 Å². The standard InChI is InChI=1S/C14H21ClN2O2/c1-9(2)17(3)12(8-16)10-6-11(15)14-13(7-10)18-4-5-19-14/h6-7,9,12H,4-5,8,16H2,1-3H3. The zero-order valence-electron chi connectivity index (χ0n) is 11.6. The van der Waals surface area contributed by atoms with Gasteiger partial charge in [-0.15, -0.1) is 0 Å². The third kappa shape index (κ3) is 2.96. The summed E-state index contributed by atoms with van der Waals surface area (Å²) in [7, 11) is 2.06. The second kappa shape index (κ2) is 5.99. The summed E-state index contributed by atoms with van der Waals surface area (Å²) in [5, 5.41) is 0.586. The smallest absolute Gasteiger partial charge is 0.179 e. The molecule has 1 heterocycles. The molecular weight excluding hydrogens is 264 g/mol. The molecule has 2 rings (SSSR count). The Bertz CT molecular complexity index is 451. The highest BCUT2D eigenvalue weighted by molar-refractivity contribution is 6.32. The summed E-state index contributed by atoms with van der Waals surface area (Å²) in [6.07, 6.45) is 0. The van der Waals surface area contributed by atoms with Gasteiger partial charge in [-0.2, -0.15) is 0 Å². The van der Waals surface area contributed by atoms with Crippen LogP contribution in [0.5, 0.6) is 11.5 Å². The van der Waals surface area contributed by atoms with Crippen LogP contribution in [0, 0.1) is 0 Å². The van der Waals surface area contributed by atoms with Gasteiger partial charge in [0.25, 0.3) is 0 Å². The monoisotopic (exact) mass is 284 g/mol. The van der Waals surface area contributed by atoms with E-state index in [0.717, 1.165) is 5.56 Å². The van der Waals surface area contributed by atoms with Crippen molar-refractivity contribution in [2.75, 3.05) is 26.8 Å². The fourth-order valence-corrected chi connectivity index (χ4v) is 2.49. The molecule has 19 heavy (non-hydrogen) atoms. The molecule has 1 aromatic rings. The molecule has 5 heteroatoms. The lowest BCUT2D eigenvalue weighted by Crippen LogP contribution is -2.35. The summed E-state index contributed by atoms with van der Waals surface area (Å²) < 4.78 is 11.1. The van der Waals surface area contributed by atoms with E-state index in [1.54, 1.807) is 0 Å². The molecule has 0 amide bonds. The molecule has 1 atom stereocenters. The SMILES string of the molecule is CC(C)N(C)C(CN)c1cc(Cl)c2c(c1)OCCO2. The Kier molecular flexibility index (Phi) is 4.55. The van der Waals surface area contributed by atoms with Gasteiger partial charge in [-0.3, -0.25) is 4.90 Å². The Morgan fingerprint density at radius 2 is 2.00 bits per heavy atom. The number of rotatable bonds is 4. The van der Waals surface area contributed by atoms with Crippen LogP contribution in [0.1, 0.15) is 25.5 Å². The number of halogens is 1. The van der Waals surface area contributed by atoms with Gasteiger partial charge in [0.1, 0.15) is 13.2 Å². The third-order valence-electron chi connectivity index (χ3n) is 3.53. The highest BCUT2D eigenvalue weighted by Gasteiger charge is 2.23. The number of hydrogen-bond acceptors (Lipinski definition) is 4. The lowest BCUT2D eigenvalue weighted by atomic mass is 10.0. The maximum absolute atomic E-state index is 6.27. The van der Waals surface area contributed by atoms with E-state index in [1.807, 2.05) is 12.1 Å². The van der Waals surface area contributed by atoms with E-state index in [0.29, 0.717) is 42.3 Å². The van der Waals surface area contributed by atoms with E-state index in [1.165, 1.54) is 0 Å². The molecule has 1 aliphatic rings. The fraction of sp³-hybridized carbons (Fsp3) is 0.571. The van der Waals surface area contributed by atoms with Crippen molar-refractivity contribution in [1.29, 1.82) is 0 Å². The maximum Gasteiger partial charge on any atom is 0.179 e. The van der Waals surface area contributed by atoms with Gasteiger partial charge in [0.2, 0.25) is 0 Å². The second-order valence-corrected chi connectivity index (χ2v) is 5.44. The highest BCUT2D eigenvalue weighted by Crippen LogP contribution is 2.40. The van der Waals surface area contributed by atoms with Crippen molar-refractivity contribution in [1.82, 2.24) is 4.90 Å². The van der Waals surface area contributed by atoms with Gasteiger partial charge in [-0.25, -0.2) is 0 Å². The van der Waals surface area contributed by atoms with Gasteiger partial charge in [0.15, 0.2) is 11.5 Å². The van der Waals surface area contributed by atoms with Crippen molar-refractivity contribution in [2.45, 2.75) is 25.9 Å². The van der Waals surface area contributed by atoms with Crippen molar-refractivity contribution in [2.24, 2.45) is 5.73 Å². The Balaban J connectivity index is 2.36. The normalized spacial score (nSPS) is 15.9. The molecule has 1 aromatic carbocycles. The maximum atomic E-state index is 6.27. The summed E-state index contributed by atoms with van der Waals surface area (Å²) in [5.41, 5.74) is 6.98. The lowest BCUT2D eigenvalue weighted by molar-refractivity contribution is 0.169. The Labute approximate surface area is 119 Å². The highest BCUT2D eigenvalue weighted by atomic mass is 35.5. The second-order valence-electron chi connectivity index (χ2n) is 5.04. The van der Waals surface area contributed by atoms with Crippen molar-refractivity contribution < 1.29 is 9.47 Å². The van der Waals surface area contributed by atoms with Crippen LogP contribution in [0.4, 0.5) is 0 Å². The lowest BCUT2D eigenvalue weighted by Gasteiger charge is -2.31. The number of likely N-dealkylation sites (N-methyl/N-ethyl adjacent to an activating group) is 1. The summed E-state index contributed by atoms with van der Waals surface area (Å²) >= 11 is 6.27. The van der Waals surface area contributed by atoms with Crippen LogP contribution >= 0.6 is 11.6 Å². The summed E-state index contributed by atoms with van der Waals surface area (Å²) in [5.74, 6) is 1.35. The predicted octanol–water partition coefficient (Wildman–Crippen LogP) is 2.45. The van der Waals surface area contributed by atoms with Crippen molar-refractivity contribution in [3.05, 3.63) is 22.7 Å². The summed E-state index contributed by atoms with van der Waals surface area (Å²) in [4.78, 5) is 2.22. The van der Waals surface area contributed by atoms with E-state index in [9.17, 15) is 0 Å². The molecule has 0 aliphatic carbocycles. The van der Waals surface area contributed by atoms with Gasteiger partial charge < -0.3 is 15.2 Å². The first kappa shape index (κ1) is 14.4. The number of nitrogens with zero attached hydrogens (tertiary/aromatic N) is 1. The minimum Gasteiger partial charge on any atom is -0.486 e. The van der Waals surface area contributed by atoms with E-state index in [4.69, 9.17) is 26.8 Å². The number of hydrogen-bond donors (Lipinski definition) is 1. The third-order valence-corrected chi connectivity index (χ3v) is 3.81. The quantitative estimate of drug-likeness (QED) is 0.923. The van der Waals surface area contributed by atoms with Gasteiger partial charge in [-0.1, -0.05) is 11.6 Å². The van der Waals surface area contributed by atoms with Crippen molar-refractivity contribution in [3.63, 3.8) is 0 Å². The fourth-order valence-electron chi connectivity index (χ4n) is 2.22. The molecule has 2 N–H and O–H groups in total. The minimum atomic E-state index is 0.119. The first-order chi connectivity index (χ1) is 9.04. The first-order valence-electron chi connectivity index (χ1n) is 6.55. The van der Waals surface area contributed by atoms with Crippen LogP contribution in [-0.2, 0) is 0 Å². The average Bonchev–Trinajstić information content (AvgIpc) is 2.39. The summed E-state index contributed by atoms with van der Waals surface area (Å²) in [6.45, 7) is 5.91. The molecule has 0 aromatic heterocycles. The Morgan fingerprint density at radius 1 is 1.32 bits per heavy atom. The minimum absolute atomic E-state index is 0.119. The van der Waals surface area contributed by atoms with E-state index >= 15 is 0 Å². The van der Waals surface area contributed by atoms with Crippen LogP contribution in [0.15, 0.2) is 12.1 Å². The molecule has 4 nitrogen and oxygen atoms in total. The molecular formula is C14H21ClN2O2. The molecule has 0 saturated heterocycles. The van der Waals surface area contributed by atoms with E-state index < -0.39 is 0 Å². The molecule has 1 unspecified atom stereocenters. The molecule has 0 spiro atoms. The van der Waals surface area contributed by atoms with E-state index in [2.05, 4.69) is 25.8 Å². The van der Waals surface area contributed by atoms with Crippen LogP contribution in [0.2, 0.25) is 5.02 Å². The Hall–Kier alpha value is -0.970. The van der Waals surface area contributed by atoms with Crippen LogP contribution in [-0.4, -0.2) is 37.7 Å². The number of benzene rings is 1. The molecule has 1 aliphatic heterocycles. The molecule has 0 saturated carbocycles. The zero-order valence-corrected chi connectivity index (χ0v) is 12.4. The van der Waals surface area contributed by atoms with E-state index in [-0.39, 0.29) is 6.04 Å². The number of nitrogens with two attached hydrogens (primary N) is 1. The van der Waals surface area contributed by atoms with Gasteiger partial charge in [0.05, 0.1) is 5.02 Å².